The van der Waals surface area contributed by atoms with E-state index in [2.05, 4.69) is 10.6 Å². The fourth-order valence-electron chi connectivity index (χ4n) is 2.40. The molecule has 2 aromatic rings. The monoisotopic (exact) mass is 326 g/mol. The zero-order chi connectivity index (χ0) is 17.5. The van der Waals surface area contributed by atoms with Crippen molar-refractivity contribution in [2.45, 2.75) is 20.3 Å². The maximum Gasteiger partial charge on any atom is 0.243 e. The third kappa shape index (κ3) is 4.84. The number of nitrogens with one attached hydrogen (secondary N) is 2. The summed E-state index contributed by atoms with van der Waals surface area (Å²) in [6, 6.07) is 13.1. The predicted molar refractivity (Wildman–Crippen MR) is 94.3 cm³/mol. The number of carbonyl (C=O) groups excluding carboxylic acids is 2. The second-order valence-electron chi connectivity index (χ2n) is 5.62. The van der Waals surface area contributed by atoms with Crippen LogP contribution in [0.4, 0.5) is 5.69 Å². The van der Waals surface area contributed by atoms with Crippen LogP contribution in [0.2, 0.25) is 0 Å². The number of para-hydroxylation sites is 1. The van der Waals surface area contributed by atoms with Gasteiger partial charge in [0.1, 0.15) is 5.75 Å². The van der Waals surface area contributed by atoms with Gasteiger partial charge >= 0.3 is 0 Å². The van der Waals surface area contributed by atoms with Crippen molar-refractivity contribution in [2.75, 3.05) is 19.0 Å². The smallest absolute Gasteiger partial charge is 0.243 e. The zero-order valence-electron chi connectivity index (χ0n) is 14.2. The van der Waals surface area contributed by atoms with Gasteiger partial charge < -0.3 is 15.4 Å². The van der Waals surface area contributed by atoms with Crippen LogP contribution < -0.4 is 15.4 Å². The summed E-state index contributed by atoms with van der Waals surface area (Å²) < 4.78 is 5.13. The molecule has 2 aromatic carbocycles. The molecule has 0 aromatic heterocycles. The molecule has 0 heterocycles. The maximum absolute atomic E-state index is 12.0. The van der Waals surface area contributed by atoms with Crippen LogP contribution in [0.1, 0.15) is 16.7 Å². The van der Waals surface area contributed by atoms with Crippen LogP contribution in [0.3, 0.4) is 0 Å². The molecule has 0 aliphatic heterocycles. The molecule has 24 heavy (non-hydrogen) atoms. The highest BCUT2D eigenvalue weighted by molar-refractivity contribution is 5.95. The Morgan fingerprint density at radius 3 is 2.33 bits per heavy atom. The molecular weight excluding hydrogens is 304 g/mol. The molecule has 0 unspecified atom stereocenters. The molecule has 0 aliphatic rings. The number of ether oxygens (including phenoxy) is 1. The van der Waals surface area contributed by atoms with Crippen molar-refractivity contribution in [3.8, 4) is 5.75 Å². The summed E-state index contributed by atoms with van der Waals surface area (Å²) >= 11 is 0. The highest BCUT2D eigenvalue weighted by Gasteiger charge is 2.10. The minimum absolute atomic E-state index is 0.0590. The number of rotatable bonds is 6. The van der Waals surface area contributed by atoms with Crippen molar-refractivity contribution in [1.82, 2.24) is 5.32 Å². The van der Waals surface area contributed by atoms with E-state index in [1.807, 2.05) is 50.2 Å². The minimum atomic E-state index is -0.244. The molecule has 0 fully saturated rings. The topological polar surface area (TPSA) is 67.4 Å². The lowest BCUT2D eigenvalue weighted by Crippen LogP contribution is -2.34. The Balaban J connectivity index is 1.86. The van der Waals surface area contributed by atoms with E-state index >= 15 is 0 Å². The molecule has 5 nitrogen and oxygen atoms in total. The molecule has 0 atom stereocenters. The van der Waals surface area contributed by atoms with E-state index in [0.717, 1.165) is 22.4 Å². The lowest BCUT2D eigenvalue weighted by Gasteiger charge is -2.12. The van der Waals surface area contributed by atoms with Crippen molar-refractivity contribution < 1.29 is 14.3 Å². The van der Waals surface area contributed by atoms with Crippen LogP contribution in [0, 0.1) is 13.8 Å². The van der Waals surface area contributed by atoms with Gasteiger partial charge in [0.05, 0.1) is 20.1 Å². The standard InChI is InChI=1S/C19H22N2O3/c1-13-6-4-7-14(2)19(13)21-18(23)12-20-17(22)11-15-8-5-9-16(10-15)24-3/h4-10H,11-12H2,1-3H3,(H,20,22)(H,21,23). The largest absolute Gasteiger partial charge is 0.497 e. The molecule has 0 spiro atoms. The third-order valence-electron chi connectivity index (χ3n) is 3.69. The van der Waals surface area contributed by atoms with E-state index in [1.54, 1.807) is 13.2 Å². The number of hydrogen-bond donors (Lipinski definition) is 2. The molecule has 0 aliphatic carbocycles. The van der Waals surface area contributed by atoms with Gasteiger partial charge in [0.25, 0.3) is 0 Å². The quantitative estimate of drug-likeness (QED) is 0.857. The second-order valence-corrected chi connectivity index (χ2v) is 5.62. The van der Waals surface area contributed by atoms with E-state index < -0.39 is 0 Å². The van der Waals surface area contributed by atoms with E-state index in [-0.39, 0.29) is 24.8 Å². The van der Waals surface area contributed by atoms with Gasteiger partial charge in [-0.1, -0.05) is 30.3 Å². The first-order chi connectivity index (χ1) is 11.5. The summed E-state index contributed by atoms with van der Waals surface area (Å²) in [6.45, 7) is 3.81. The van der Waals surface area contributed by atoms with E-state index in [9.17, 15) is 9.59 Å². The Bertz CT molecular complexity index is 721. The summed E-state index contributed by atoms with van der Waals surface area (Å²) in [5.74, 6) is 0.249. The fourth-order valence-corrected chi connectivity index (χ4v) is 2.40. The first kappa shape index (κ1) is 17.5. The first-order valence-electron chi connectivity index (χ1n) is 7.75. The molecule has 126 valence electrons. The molecular formula is C19H22N2O3. The highest BCUT2D eigenvalue weighted by atomic mass is 16.5. The van der Waals surface area contributed by atoms with Gasteiger partial charge in [-0.15, -0.1) is 0 Å². The minimum Gasteiger partial charge on any atom is -0.497 e. The summed E-state index contributed by atoms with van der Waals surface area (Å²) in [5.41, 5.74) is 3.61. The summed E-state index contributed by atoms with van der Waals surface area (Å²) in [4.78, 5) is 24.0. The Morgan fingerprint density at radius 1 is 1.00 bits per heavy atom. The van der Waals surface area contributed by atoms with Gasteiger partial charge in [0.2, 0.25) is 11.8 Å². The Kier molecular flexibility index (Phi) is 5.95. The predicted octanol–water partition coefficient (Wildman–Crippen LogP) is 2.61. The van der Waals surface area contributed by atoms with Gasteiger partial charge in [-0.25, -0.2) is 0 Å². The second kappa shape index (κ2) is 8.15. The number of hydrogen-bond acceptors (Lipinski definition) is 3. The zero-order valence-corrected chi connectivity index (χ0v) is 14.2. The molecule has 0 saturated carbocycles. The molecule has 0 saturated heterocycles. The van der Waals surface area contributed by atoms with Gasteiger partial charge in [-0.05, 0) is 42.7 Å². The van der Waals surface area contributed by atoms with Gasteiger partial charge in [-0.2, -0.15) is 0 Å². The van der Waals surface area contributed by atoms with E-state index in [0.29, 0.717) is 5.75 Å². The van der Waals surface area contributed by atoms with E-state index in [4.69, 9.17) is 4.74 Å². The lowest BCUT2D eigenvalue weighted by molar-refractivity contribution is -0.123. The fraction of sp³-hybridized carbons (Fsp3) is 0.263. The summed E-state index contributed by atoms with van der Waals surface area (Å²) in [7, 11) is 1.58. The average Bonchev–Trinajstić information content (AvgIpc) is 2.56. The summed E-state index contributed by atoms with van der Waals surface area (Å²) in [5, 5.41) is 5.48. The lowest BCUT2D eigenvalue weighted by atomic mass is 10.1. The number of carbonyl (C=O) groups is 2. The van der Waals surface area contributed by atoms with Crippen molar-refractivity contribution in [2.24, 2.45) is 0 Å². The van der Waals surface area contributed by atoms with Crippen LogP contribution in [0.5, 0.6) is 5.75 Å². The number of aryl methyl sites for hydroxylation is 2. The van der Waals surface area contributed by atoms with Crippen LogP contribution in [-0.4, -0.2) is 25.5 Å². The Hall–Kier alpha value is -2.82. The van der Waals surface area contributed by atoms with Crippen molar-refractivity contribution >= 4 is 17.5 Å². The molecule has 2 amide bonds. The van der Waals surface area contributed by atoms with Crippen LogP contribution in [0.25, 0.3) is 0 Å². The highest BCUT2D eigenvalue weighted by Crippen LogP contribution is 2.19. The van der Waals surface area contributed by atoms with Crippen molar-refractivity contribution in [3.05, 3.63) is 59.2 Å². The Labute approximate surface area is 142 Å². The molecule has 2 N–H and O–H groups in total. The normalized spacial score (nSPS) is 10.1. The van der Waals surface area contributed by atoms with Crippen molar-refractivity contribution in [3.63, 3.8) is 0 Å². The number of anilines is 1. The first-order valence-corrected chi connectivity index (χ1v) is 7.75. The van der Waals surface area contributed by atoms with Gasteiger partial charge in [0.15, 0.2) is 0 Å². The van der Waals surface area contributed by atoms with Gasteiger partial charge in [0, 0.05) is 5.69 Å². The van der Waals surface area contributed by atoms with Crippen LogP contribution >= 0.6 is 0 Å². The van der Waals surface area contributed by atoms with Crippen LogP contribution in [0.15, 0.2) is 42.5 Å². The Morgan fingerprint density at radius 2 is 1.67 bits per heavy atom. The molecule has 0 bridgehead atoms. The average molecular weight is 326 g/mol. The van der Waals surface area contributed by atoms with Gasteiger partial charge in [-0.3, -0.25) is 9.59 Å². The number of methoxy groups -OCH3 is 1. The van der Waals surface area contributed by atoms with Crippen LogP contribution in [-0.2, 0) is 16.0 Å². The van der Waals surface area contributed by atoms with E-state index in [1.165, 1.54) is 0 Å². The number of benzene rings is 2. The molecule has 0 radical (unpaired) electrons. The van der Waals surface area contributed by atoms with Crippen molar-refractivity contribution in [1.29, 1.82) is 0 Å². The third-order valence-corrected chi connectivity index (χ3v) is 3.69. The SMILES string of the molecule is COc1cccc(CC(=O)NCC(=O)Nc2c(C)cccc2C)c1. The summed E-state index contributed by atoms with van der Waals surface area (Å²) in [6.07, 6.45) is 0.202. The maximum atomic E-state index is 12.0. The number of amides is 2. The molecule has 2 rings (SSSR count). The molecule has 5 heteroatoms.